The molecule has 0 saturated carbocycles. The molecular formula is C29H37N3O3. The molecule has 6 heteroatoms. The van der Waals surface area contributed by atoms with E-state index in [0.29, 0.717) is 38.6 Å². The first-order valence-corrected chi connectivity index (χ1v) is 12.7. The van der Waals surface area contributed by atoms with Gasteiger partial charge in [0.1, 0.15) is 11.8 Å². The Morgan fingerprint density at radius 1 is 0.886 bits per heavy atom. The van der Waals surface area contributed by atoms with Crippen LogP contribution in [0.3, 0.4) is 0 Å². The van der Waals surface area contributed by atoms with Crippen LogP contribution in [0.2, 0.25) is 0 Å². The van der Waals surface area contributed by atoms with Crippen molar-refractivity contribution in [2.75, 3.05) is 6.54 Å². The molecule has 0 radical (unpaired) electrons. The van der Waals surface area contributed by atoms with Crippen LogP contribution in [0, 0.1) is 0 Å². The van der Waals surface area contributed by atoms with E-state index in [1.807, 2.05) is 67.7 Å². The van der Waals surface area contributed by atoms with Crippen molar-refractivity contribution in [1.29, 1.82) is 0 Å². The third kappa shape index (κ3) is 8.71. The van der Waals surface area contributed by atoms with Gasteiger partial charge in [0.25, 0.3) is 0 Å². The zero-order chi connectivity index (χ0) is 24.9. The van der Waals surface area contributed by atoms with Gasteiger partial charge in [0.05, 0.1) is 0 Å². The van der Waals surface area contributed by atoms with Gasteiger partial charge in [-0.25, -0.2) is 0 Å². The number of para-hydroxylation sites is 1. The fourth-order valence-corrected chi connectivity index (χ4v) is 4.24. The van der Waals surface area contributed by atoms with Gasteiger partial charge in [-0.15, -0.1) is 0 Å². The van der Waals surface area contributed by atoms with Crippen molar-refractivity contribution >= 4 is 28.5 Å². The predicted molar refractivity (Wildman–Crippen MR) is 140 cm³/mol. The molecule has 3 aromatic rings. The fraction of sp³-hybridized carbons (Fsp3) is 0.414. The number of hydrogen-bond donors (Lipinski definition) is 3. The van der Waals surface area contributed by atoms with E-state index in [4.69, 9.17) is 0 Å². The van der Waals surface area contributed by atoms with E-state index in [2.05, 4.69) is 15.6 Å². The van der Waals surface area contributed by atoms with E-state index >= 15 is 0 Å². The standard InChI is InChI=1S/C29H37N3O3/c1-2-24(33)13-7-4-8-16-27(29(35)30-20-19-22-11-5-3-6-12-22)32-28(34)18-17-23-21-31-26-15-10-9-14-25(23)26/h3,5-6,9-12,14-15,21,27,31H,2,4,7-8,13,16-20H2,1H3,(H,30,35)(H,32,34). The molecule has 35 heavy (non-hydrogen) atoms. The number of amides is 2. The second kappa shape index (κ2) is 14.1. The summed E-state index contributed by atoms with van der Waals surface area (Å²) in [6.45, 7) is 2.40. The Bertz CT molecular complexity index is 1090. The van der Waals surface area contributed by atoms with Gasteiger partial charge in [-0.05, 0) is 42.9 Å². The van der Waals surface area contributed by atoms with Crippen molar-refractivity contribution in [3.63, 3.8) is 0 Å². The molecule has 0 aliphatic carbocycles. The van der Waals surface area contributed by atoms with E-state index in [1.54, 1.807) is 0 Å². The van der Waals surface area contributed by atoms with Crippen LogP contribution in [-0.4, -0.2) is 35.2 Å². The van der Waals surface area contributed by atoms with Gasteiger partial charge in [-0.1, -0.05) is 68.3 Å². The number of fused-ring (bicyclic) bond motifs is 1. The normalized spacial score (nSPS) is 11.8. The summed E-state index contributed by atoms with van der Waals surface area (Å²) in [6, 6.07) is 17.5. The molecule has 6 nitrogen and oxygen atoms in total. The highest BCUT2D eigenvalue weighted by molar-refractivity contribution is 5.88. The lowest BCUT2D eigenvalue weighted by atomic mass is 10.0. The van der Waals surface area contributed by atoms with E-state index in [-0.39, 0.29) is 17.6 Å². The highest BCUT2D eigenvalue weighted by atomic mass is 16.2. The second-order valence-electron chi connectivity index (χ2n) is 9.00. The minimum Gasteiger partial charge on any atom is -0.361 e. The Labute approximate surface area is 207 Å². The molecular weight excluding hydrogens is 438 g/mol. The average molecular weight is 476 g/mol. The summed E-state index contributed by atoms with van der Waals surface area (Å²) in [4.78, 5) is 40.4. The zero-order valence-corrected chi connectivity index (χ0v) is 20.6. The minimum absolute atomic E-state index is 0.125. The number of aryl methyl sites for hydroxylation is 1. The molecule has 2 aromatic carbocycles. The van der Waals surface area contributed by atoms with Gasteiger partial charge in [0.2, 0.25) is 11.8 Å². The number of aromatic amines is 1. The van der Waals surface area contributed by atoms with Crippen LogP contribution in [-0.2, 0) is 27.2 Å². The van der Waals surface area contributed by atoms with Gasteiger partial charge < -0.3 is 15.6 Å². The molecule has 0 fully saturated rings. The maximum atomic E-state index is 12.9. The number of carbonyl (C=O) groups is 3. The van der Waals surface area contributed by atoms with Crippen LogP contribution in [0.5, 0.6) is 0 Å². The monoisotopic (exact) mass is 475 g/mol. The van der Waals surface area contributed by atoms with E-state index in [1.165, 1.54) is 0 Å². The summed E-state index contributed by atoms with van der Waals surface area (Å²) >= 11 is 0. The maximum absolute atomic E-state index is 12.9. The largest absolute Gasteiger partial charge is 0.361 e. The third-order valence-electron chi connectivity index (χ3n) is 6.35. The van der Waals surface area contributed by atoms with Crippen molar-refractivity contribution < 1.29 is 14.4 Å². The fourth-order valence-electron chi connectivity index (χ4n) is 4.24. The lowest BCUT2D eigenvalue weighted by molar-refractivity contribution is -0.129. The van der Waals surface area contributed by atoms with Crippen molar-refractivity contribution in [3.8, 4) is 0 Å². The van der Waals surface area contributed by atoms with Gasteiger partial charge in [0.15, 0.2) is 0 Å². The lowest BCUT2D eigenvalue weighted by Crippen LogP contribution is -2.47. The number of Topliss-reactive ketones (excluding diaryl/α,β-unsaturated/α-hetero) is 1. The minimum atomic E-state index is -0.567. The zero-order valence-electron chi connectivity index (χ0n) is 20.6. The molecule has 0 saturated heterocycles. The first kappa shape index (κ1) is 26.2. The van der Waals surface area contributed by atoms with Crippen molar-refractivity contribution in [3.05, 3.63) is 71.9 Å². The number of unbranched alkanes of at least 4 members (excludes halogenated alkanes) is 2. The number of carbonyl (C=O) groups excluding carboxylic acids is 3. The smallest absolute Gasteiger partial charge is 0.242 e. The molecule has 0 aliphatic heterocycles. The lowest BCUT2D eigenvalue weighted by Gasteiger charge is -2.19. The molecule has 1 aromatic heterocycles. The SMILES string of the molecule is CCC(=O)CCCCCC(NC(=O)CCc1c[nH]c2ccccc12)C(=O)NCCc1ccccc1. The molecule has 2 amide bonds. The van der Waals surface area contributed by atoms with Crippen LogP contribution >= 0.6 is 0 Å². The first-order chi connectivity index (χ1) is 17.1. The second-order valence-corrected chi connectivity index (χ2v) is 9.00. The summed E-state index contributed by atoms with van der Waals surface area (Å²) in [5, 5.41) is 7.07. The molecule has 0 bridgehead atoms. The van der Waals surface area contributed by atoms with Crippen molar-refractivity contribution in [2.24, 2.45) is 0 Å². The van der Waals surface area contributed by atoms with Crippen molar-refractivity contribution in [2.45, 2.75) is 70.8 Å². The van der Waals surface area contributed by atoms with Gasteiger partial charge in [-0.3, -0.25) is 14.4 Å². The Morgan fingerprint density at radius 3 is 2.46 bits per heavy atom. The number of H-pyrrole nitrogens is 1. The summed E-state index contributed by atoms with van der Waals surface area (Å²) in [5.74, 6) is -0.00329. The molecule has 186 valence electrons. The number of rotatable bonds is 15. The van der Waals surface area contributed by atoms with Gasteiger partial charge in [0, 0.05) is 42.9 Å². The molecule has 1 heterocycles. The predicted octanol–water partition coefficient (Wildman–Crippen LogP) is 4.87. The quantitative estimate of drug-likeness (QED) is 0.274. The first-order valence-electron chi connectivity index (χ1n) is 12.7. The molecule has 1 unspecified atom stereocenters. The summed E-state index contributed by atoms with van der Waals surface area (Å²) in [7, 11) is 0. The van der Waals surface area contributed by atoms with Crippen LogP contribution < -0.4 is 10.6 Å². The third-order valence-corrected chi connectivity index (χ3v) is 6.35. The topological polar surface area (TPSA) is 91.1 Å². The average Bonchev–Trinajstić information content (AvgIpc) is 3.30. The Hall–Kier alpha value is -3.41. The van der Waals surface area contributed by atoms with Crippen LogP contribution in [0.1, 0.15) is 63.0 Å². The summed E-state index contributed by atoms with van der Waals surface area (Å²) in [6.07, 6.45) is 7.82. The Kier molecular flexibility index (Phi) is 10.6. The highest BCUT2D eigenvalue weighted by Gasteiger charge is 2.20. The van der Waals surface area contributed by atoms with Crippen LogP contribution in [0.4, 0.5) is 0 Å². The molecule has 0 spiro atoms. The highest BCUT2D eigenvalue weighted by Crippen LogP contribution is 2.19. The van der Waals surface area contributed by atoms with E-state index in [0.717, 1.165) is 47.7 Å². The van der Waals surface area contributed by atoms with E-state index < -0.39 is 6.04 Å². The number of aromatic nitrogens is 1. The maximum Gasteiger partial charge on any atom is 0.242 e. The molecule has 0 aliphatic rings. The molecule has 3 N–H and O–H groups in total. The van der Waals surface area contributed by atoms with Gasteiger partial charge in [-0.2, -0.15) is 0 Å². The molecule has 3 rings (SSSR count). The van der Waals surface area contributed by atoms with Gasteiger partial charge >= 0.3 is 0 Å². The summed E-state index contributed by atoms with van der Waals surface area (Å²) < 4.78 is 0. The number of benzene rings is 2. The Balaban J connectivity index is 1.50. The summed E-state index contributed by atoms with van der Waals surface area (Å²) in [5.41, 5.74) is 3.31. The van der Waals surface area contributed by atoms with E-state index in [9.17, 15) is 14.4 Å². The molecule has 1 atom stereocenters. The van der Waals surface area contributed by atoms with Crippen LogP contribution in [0.15, 0.2) is 60.8 Å². The number of ketones is 1. The van der Waals surface area contributed by atoms with Crippen molar-refractivity contribution in [1.82, 2.24) is 15.6 Å². The number of nitrogens with one attached hydrogen (secondary N) is 3. The Morgan fingerprint density at radius 2 is 1.66 bits per heavy atom. The number of hydrogen-bond acceptors (Lipinski definition) is 3. The van der Waals surface area contributed by atoms with Crippen LogP contribution in [0.25, 0.3) is 10.9 Å².